The lowest BCUT2D eigenvalue weighted by molar-refractivity contribution is -0.157. The van der Waals surface area contributed by atoms with Crippen LogP contribution >= 0.6 is 0 Å². The van der Waals surface area contributed by atoms with E-state index in [4.69, 9.17) is 9.47 Å². The summed E-state index contributed by atoms with van der Waals surface area (Å²) in [6, 6.07) is 4.41. The first-order chi connectivity index (χ1) is 11.0. The van der Waals surface area contributed by atoms with E-state index in [1.54, 1.807) is 6.07 Å². The number of aliphatic carboxylic acids is 1. The predicted molar refractivity (Wildman–Crippen MR) is 79.6 cm³/mol. The topological polar surface area (TPSA) is 96.3 Å². The van der Waals surface area contributed by atoms with Crippen molar-refractivity contribution in [1.82, 2.24) is 4.90 Å². The Kier molecular flexibility index (Phi) is 3.89. The summed E-state index contributed by atoms with van der Waals surface area (Å²) in [5, 5.41) is 19.6. The molecule has 2 atom stereocenters. The first kappa shape index (κ1) is 15.6. The van der Waals surface area contributed by atoms with Gasteiger partial charge in [0.05, 0.1) is 24.7 Å². The van der Waals surface area contributed by atoms with Gasteiger partial charge < -0.3 is 24.6 Å². The van der Waals surface area contributed by atoms with E-state index >= 15 is 0 Å². The fourth-order valence-corrected chi connectivity index (χ4v) is 3.44. The molecular weight excluding hydrogens is 302 g/mol. The van der Waals surface area contributed by atoms with E-state index in [2.05, 4.69) is 0 Å². The van der Waals surface area contributed by atoms with E-state index in [-0.39, 0.29) is 23.8 Å². The van der Waals surface area contributed by atoms with Crippen LogP contribution < -0.4 is 4.74 Å². The van der Waals surface area contributed by atoms with E-state index in [1.165, 1.54) is 24.1 Å². The Morgan fingerprint density at radius 3 is 2.87 bits per heavy atom. The second-order valence-corrected chi connectivity index (χ2v) is 6.05. The number of phenolic OH excluding ortho intramolecular Hbond substituents is 1. The number of rotatable bonds is 3. The van der Waals surface area contributed by atoms with Crippen molar-refractivity contribution in [2.75, 3.05) is 33.4 Å². The molecule has 2 N–H and O–H groups in total. The molecule has 2 saturated heterocycles. The lowest BCUT2D eigenvalue weighted by atomic mass is 9.74. The number of aromatic hydroxyl groups is 1. The number of nitrogens with zero attached hydrogens (tertiary/aromatic N) is 1. The zero-order valence-electron chi connectivity index (χ0n) is 12.8. The van der Waals surface area contributed by atoms with Gasteiger partial charge in [0.25, 0.3) is 5.91 Å². The monoisotopic (exact) mass is 321 g/mol. The third-order valence-electron chi connectivity index (χ3n) is 4.85. The fraction of sp³-hybridized carbons (Fsp3) is 0.500. The highest BCUT2D eigenvalue weighted by atomic mass is 16.5. The molecule has 7 heteroatoms. The summed E-state index contributed by atoms with van der Waals surface area (Å²) in [7, 11) is 1.47. The molecule has 1 amide bonds. The molecule has 0 aromatic heterocycles. The number of carboxylic acids is 1. The highest BCUT2D eigenvalue weighted by Crippen LogP contribution is 2.43. The molecule has 0 radical (unpaired) electrons. The van der Waals surface area contributed by atoms with Gasteiger partial charge in [-0.25, -0.2) is 0 Å². The standard InChI is InChI=1S/C16H19NO6/c1-22-11-2-3-13(18)12(6-11)14(19)17-7-10-8-23-5-4-16(10,9-17)15(20)21/h2-3,6,10,18H,4-5,7-9H2,1H3,(H,20,21)/t10-,16+/m0/s1. The van der Waals surface area contributed by atoms with Gasteiger partial charge in [0.2, 0.25) is 0 Å². The molecule has 124 valence electrons. The van der Waals surface area contributed by atoms with Crippen LogP contribution in [0.1, 0.15) is 16.8 Å². The number of fused-ring (bicyclic) bond motifs is 1. The minimum atomic E-state index is -0.956. The summed E-state index contributed by atoms with van der Waals surface area (Å²) in [4.78, 5) is 26.0. The van der Waals surface area contributed by atoms with Gasteiger partial charge in [-0.15, -0.1) is 0 Å². The molecule has 3 rings (SSSR count). The third kappa shape index (κ3) is 2.50. The smallest absolute Gasteiger partial charge is 0.311 e. The van der Waals surface area contributed by atoms with Gasteiger partial charge in [-0.2, -0.15) is 0 Å². The van der Waals surface area contributed by atoms with Gasteiger partial charge in [0.15, 0.2) is 0 Å². The Bertz CT molecular complexity index is 645. The first-order valence-electron chi connectivity index (χ1n) is 7.45. The van der Waals surface area contributed by atoms with Crippen LogP contribution in [0.3, 0.4) is 0 Å². The van der Waals surface area contributed by atoms with Crippen molar-refractivity contribution >= 4 is 11.9 Å². The largest absolute Gasteiger partial charge is 0.507 e. The molecule has 0 aliphatic carbocycles. The summed E-state index contributed by atoms with van der Waals surface area (Å²) in [6.07, 6.45) is 0.390. The number of ether oxygens (including phenoxy) is 2. The lowest BCUT2D eigenvalue weighted by Gasteiger charge is -2.33. The summed E-state index contributed by atoms with van der Waals surface area (Å²) >= 11 is 0. The molecular formula is C16H19NO6. The van der Waals surface area contributed by atoms with Crippen LogP contribution in [0, 0.1) is 11.3 Å². The molecule has 2 fully saturated rings. The molecule has 0 spiro atoms. The Morgan fingerprint density at radius 2 is 2.22 bits per heavy atom. The number of likely N-dealkylation sites (tertiary alicyclic amines) is 1. The molecule has 2 aliphatic heterocycles. The maximum absolute atomic E-state index is 12.7. The second kappa shape index (κ2) is 5.73. The van der Waals surface area contributed by atoms with Crippen molar-refractivity contribution in [2.45, 2.75) is 6.42 Å². The fourth-order valence-electron chi connectivity index (χ4n) is 3.44. The maximum atomic E-state index is 12.7. The minimum absolute atomic E-state index is 0.115. The van der Waals surface area contributed by atoms with Gasteiger partial charge in [0, 0.05) is 25.6 Å². The third-order valence-corrected chi connectivity index (χ3v) is 4.85. The van der Waals surface area contributed by atoms with Gasteiger partial charge in [-0.3, -0.25) is 9.59 Å². The van der Waals surface area contributed by atoms with Crippen LogP contribution in [0.15, 0.2) is 18.2 Å². The normalized spacial score (nSPS) is 26.7. The van der Waals surface area contributed by atoms with Gasteiger partial charge in [0.1, 0.15) is 11.5 Å². The number of methoxy groups -OCH3 is 1. The van der Waals surface area contributed by atoms with E-state index in [0.717, 1.165) is 0 Å². The zero-order valence-corrected chi connectivity index (χ0v) is 12.8. The zero-order chi connectivity index (χ0) is 16.6. The number of carboxylic acid groups (broad SMARTS) is 1. The predicted octanol–water partition coefficient (Wildman–Crippen LogP) is 0.964. The Morgan fingerprint density at radius 1 is 1.43 bits per heavy atom. The van der Waals surface area contributed by atoms with E-state index < -0.39 is 17.3 Å². The van der Waals surface area contributed by atoms with Gasteiger partial charge >= 0.3 is 5.97 Å². The maximum Gasteiger partial charge on any atom is 0.311 e. The van der Waals surface area contributed by atoms with E-state index in [0.29, 0.717) is 31.9 Å². The van der Waals surface area contributed by atoms with Crippen molar-refractivity contribution in [3.05, 3.63) is 23.8 Å². The van der Waals surface area contributed by atoms with Crippen LogP contribution in [0.25, 0.3) is 0 Å². The molecule has 2 heterocycles. The molecule has 7 nitrogen and oxygen atoms in total. The van der Waals surface area contributed by atoms with Crippen LogP contribution in [-0.2, 0) is 9.53 Å². The van der Waals surface area contributed by atoms with Crippen LogP contribution in [0.4, 0.5) is 0 Å². The van der Waals surface area contributed by atoms with Crippen molar-refractivity contribution in [2.24, 2.45) is 11.3 Å². The quantitative estimate of drug-likeness (QED) is 0.861. The number of amides is 1. The SMILES string of the molecule is COc1ccc(O)c(C(=O)N2C[C@H]3COCC[C@@]3(C(=O)O)C2)c1. The highest BCUT2D eigenvalue weighted by molar-refractivity contribution is 5.98. The number of carbonyl (C=O) groups excluding carboxylic acids is 1. The molecule has 1 aromatic carbocycles. The number of carbonyl (C=O) groups is 2. The van der Waals surface area contributed by atoms with Crippen molar-refractivity contribution < 1.29 is 29.3 Å². The number of hydrogen-bond donors (Lipinski definition) is 2. The minimum Gasteiger partial charge on any atom is -0.507 e. The van der Waals surface area contributed by atoms with Crippen molar-refractivity contribution in [1.29, 1.82) is 0 Å². The average molecular weight is 321 g/mol. The van der Waals surface area contributed by atoms with Crippen LogP contribution in [0.5, 0.6) is 11.5 Å². The van der Waals surface area contributed by atoms with Crippen LogP contribution in [-0.4, -0.2) is 60.4 Å². The number of hydrogen-bond acceptors (Lipinski definition) is 5. The van der Waals surface area contributed by atoms with Gasteiger partial charge in [-0.1, -0.05) is 0 Å². The molecule has 1 aromatic rings. The lowest BCUT2D eigenvalue weighted by Crippen LogP contribution is -2.45. The Hall–Kier alpha value is -2.28. The molecule has 2 aliphatic rings. The van der Waals surface area contributed by atoms with Gasteiger partial charge in [-0.05, 0) is 24.6 Å². The Labute approximate surface area is 133 Å². The summed E-state index contributed by atoms with van der Waals surface area (Å²) in [5.74, 6) is -1.21. The molecule has 0 saturated carbocycles. The number of phenols is 1. The molecule has 0 unspecified atom stereocenters. The average Bonchev–Trinajstić information content (AvgIpc) is 2.95. The molecule has 0 bridgehead atoms. The second-order valence-electron chi connectivity index (χ2n) is 6.05. The summed E-state index contributed by atoms with van der Waals surface area (Å²) < 4.78 is 10.5. The summed E-state index contributed by atoms with van der Waals surface area (Å²) in [5.41, 5.74) is -0.841. The van der Waals surface area contributed by atoms with Crippen molar-refractivity contribution in [3.8, 4) is 11.5 Å². The number of benzene rings is 1. The highest BCUT2D eigenvalue weighted by Gasteiger charge is 2.55. The van der Waals surface area contributed by atoms with Crippen LogP contribution in [0.2, 0.25) is 0 Å². The summed E-state index contributed by atoms with van der Waals surface area (Å²) in [6.45, 7) is 1.16. The van der Waals surface area contributed by atoms with Crippen molar-refractivity contribution in [3.63, 3.8) is 0 Å². The molecule has 23 heavy (non-hydrogen) atoms. The van der Waals surface area contributed by atoms with E-state index in [1.807, 2.05) is 0 Å². The van der Waals surface area contributed by atoms with E-state index in [9.17, 15) is 19.8 Å². The Balaban J connectivity index is 1.88. The first-order valence-corrected chi connectivity index (χ1v) is 7.45.